The van der Waals surface area contributed by atoms with Gasteiger partial charge in [-0.15, -0.1) is 0 Å². The van der Waals surface area contributed by atoms with E-state index < -0.39 is 11.6 Å². The number of nitrogens with zero attached hydrogens (tertiary/aromatic N) is 4. The monoisotopic (exact) mass is 582 g/mol. The summed E-state index contributed by atoms with van der Waals surface area (Å²) in [7, 11) is 0. The largest absolute Gasteiger partial charge is 0.465 e. The zero-order valence-corrected chi connectivity index (χ0v) is 25.0. The van der Waals surface area contributed by atoms with Crippen molar-refractivity contribution in [1.82, 2.24) is 19.9 Å². The molecule has 0 spiro atoms. The molecule has 2 aromatic carbocycles. The summed E-state index contributed by atoms with van der Waals surface area (Å²) in [5.74, 6) is 0.526. The summed E-state index contributed by atoms with van der Waals surface area (Å²) in [6.07, 6.45) is -3.98. The topological polar surface area (TPSA) is 83.0 Å². The third-order valence-electron chi connectivity index (χ3n) is 7.41. The lowest BCUT2D eigenvalue weighted by Crippen LogP contribution is -2.36. The van der Waals surface area contributed by atoms with Crippen LogP contribution in [0.4, 0.5) is 13.2 Å². The number of halogens is 3. The first kappa shape index (κ1) is 31.0. The molecule has 0 bridgehead atoms. The van der Waals surface area contributed by atoms with Gasteiger partial charge in [-0.1, -0.05) is 81.4 Å². The summed E-state index contributed by atoms with van der Waals surface area (Å²) in [5, 5.41) is 8.68. The number of benzene rings is 2. The quantitative estimate of drug-likeness (QED) is 0.179. The molecule has 2 heterocycles. The minimum atomic E-state index is -4.37. The Morgan fingerprint density at radius 2 is 1.69 bits per heavy atom. The van der Waals surface area contributed by atoms with Crippen LogP contribution in [-0.4, -0.2) is 38.7 Å². The predicted octanol–water partition coefficient (Wildman–Crippen LogP) is 7.66. The van der Waals surface area contributed by atoms with Gasteiger partial charge < -0.3 is 9.26 Å². The van der Waals surface area contributed by atoms with Crippen molar-refractivity contribution < 1.29 is 27.2 Å². The highest BCUT2D eigenvalue weighted by atomic mass is 19.4. The van der Waals surface area contributed by atoms with Gasteiger partial charge in [-0.05, 0) is 49.4 Å². The number of hydrogen-bond donors (Lipinski definition) is 0. The first-order chi connectivity index (χ1) is 19.6. The summed E-state index contributed by atoms with van der Waals surface area (Å²) >= 11 is 0. The van der Waals surface area contributed by atoms with Crippen LogP contribution in [0.3, 0.4) is 0 Å². The van der Waals surface area contributed by atoms with E-state index in [0.29, 0.717) is 24.2 Å². The molecule has 0 amide bonds. The van der Waals surface area contributed by atoms with Crippen molar-refractivity contribution in [3.63, 3.8) is 0 Å². The van der Waals surface area contributed by atoms with Crippen LogP contribution in [-0.2, 0) is 26.9 Å². The molecule has 0 aliphatic carbocycles. The molecule has 4 aromatic rings. The second-order valence-corrected chi connectivity index (χ2v) is 12.3. The molecule has 224 valence electrons. The molecule has 0 N–H and O–H groups in total. The van der Waals surface area contributed by atoms with Crippen LogP contribution in [0.15, 0.2) is 59.1 Å². The molecule has 42 heavy (non-hydrogen) atoms. The van der Waals surface area contributed by atoms with Crippen LogP contribution in [0.1, 0.15) is 70.3 Å². The summed E-state index contributed by atoms with van der Waals surface area (Å²) in [6.45, 7) is 13.1. The van der Waals surface area contributed by atoms with Gasteiger partial charge in [-0.2, -0.15) is 23.3 Å². The van der Waals surface area contributed by atoms with Gasteiger partial charge in [-0.25, -0.2) is 0 Å². The summed E-state index contributed by atoms with van der Waals surface area (Å²) in [5.41, 5.74) is 1.80. The molecule has 0 radical (unpaired) electrons. The van der Waals surface area contributed by atoms with Crippen molar-refractivity contribution in [2.75, 3.05) is 6.61 Å². The maximum absolute atomic E-state index is 13.4. The molecule has 4 rings (SSSR count). The Morgan fingerprint density at radius 1 is 1.00 bits per heavy atom. The van der Waals surface area contributed by atoms with Crippen molar-refractivity contribution in [1.29, 1.82) is 0 Å². The molecular formula is C32H37F3N4O3. The second-order valence-electron chi connectivity index (χ2n) is 12.3. The molecule has 0 saturated heterocycles. The minimum absolute atomic E-state index is 0.149. The van der Waals surface area contributed by atoms with Crippen LogP contribution in [0, 0.1) is 12.8 Å². The Kier molecular flexibility index (Phi) is 8.66. The number of alkyl halides is 3. The third kappa shape index (κ3) is 6.91. The van der Waals surface area contributed by atoms with Crippen LogP contribution in [0.25, 0.3) is 23.0 Å². The van der Waals surface area contributed by atoms with Crippen molar-refractivity contribution >= 4 is 5.97 Å². The molecule has 0 atom stereocenters. The van der Waals surface area contributed by atoms with Crippen LogP contribution in [0.2, 0.25) is 0 Å². The van der Waals surface area contributed by atoms with Gasteiger partial charge in [0.25, 0.3) is 5.89 Å². The lowest BCUT2D eigenvalue weighted by molar-refractivity contribution is -0.180. The number of ether oxygens (including phenoxy) is 1. The molecule has 10 heteroatoms. The highest BCUT2D eigenvalue weighted by Gasteiger charge is 2.48. The van der Waals surface area contributed by atoms with E-state index in [-0.39, 0.29) is 41.2 Å². The number of hydrogen-bond acceptors (Lipinski definition) is 6. The highest BCUT2D eigenvalue weighted by molar-refractivity contribution is 5.69. The average Bonchev–Trinajstić information content (AvgIpc) is 3.54. The van der Waals surface area contributed by atoms with Crippen molar-refractivity contribution in [3.05, 3.63) is 77.0 Å². The van der Waals surface area contributed by atoms with Crippen LogP contribution in [0.5, 0.6) is 0 Å². The molecule has 7 nitrogen and oxygen atoms in total. The zero-order valence-electron chi connectivity index (χ0n) is 25.0. The van der Waals surface area contributed by atoms with Gasteiger partial charge in [0, 0.05) is 23.1 Å². The van der Waals surface area contributed by atoms with Crippen LogP contribution >= 0.6 is 0 Å². The van der Waals surface area contributed by atoms with E-state index in [9.17, 15) is 18.0 Å². The Bertz CT molecular complexity index is 1530. The minimum Gasteiger partial charge on any atom is -0.465 e. The van der Waals surface area contributed by atoms with E-state index >= 15 is 0 Å². The Morgan fingerprint density at radius 3 is 2.33 bits per heavy atom. The second kappa shape index (κ2) is 11.7. The van der Waals surface area contributed by atoms with Crippen molar-refractivity contribution in [3.8, 4) is 23.0 Å². The van der Waals surface area contributed by atoms with Gasteiger partial charge in [0.15, 0.2) is 5.69 Å². The number of aromatic nitrogens is 4. The SMILES string of the molecule is Cc1cc(-c2nc(-c3ccc(C(C)(C)C(F)(F)F)cc3)no2)nn1Cc1cccc(C(C)(C)COC(=O)CC(C)C)c1. The van der Waals surface area contributed by atoms with Crippen molar-refractivity contribution in [2.24, 2.45) is 5.92 Å². The number of rotatable bonds is 10. The van der Waals surface area contributed by atoms with Gasteiger partial charge in [0.05, 0.1) is 12.0 Å². The van der Waals surface area contributed by atoms with E-state index in [4.69, 9.17) is 9.26 Å². The first-order valence-electron chi connectivity index (χ1n) is 13.9. The third-order valence-corrected chi connectivity index (χ3v) is 7.41. The van der Waals surface area contributed by atoms with E-state index in [1.54, 1.807) is 12.1 Å². The fourth-order valence-electron chi connectivity index (χ4n) is 4.42. The lowest BCUT2D eigenvalue weighted by atomic mass is 9.83. The Labute approximate surface area is 244 Å². The van der Waals surface area contributed by atoms with Crippen molar-refractivity contribution in [2.45, 2.75) is 78.4 Å². The van der Waals surface area contributed by atoms with Gasteiger partial charge in [0.2, 0.25) is 5.82 Å². The van der Waals surface area contributed by atoms with Gasteiger partial charge in [0.1, 0.15) is 6.61 Å². The van der Waals surface area contributed by atoms with E-state index in [2.05, 4.69) is 21.3 Å². The molecule has 0 fully saturated rings. The molecule has 0 unspecified atom stereocenters. The molecule has 0 aliphatic rings. The number of esters is 1. The molecule has 0 saturated carbocycles. The number of carbonyl (C=O) groups excluding carboxylic acids is 1. The number of carbonyl (C=O) groups is 1. The fraction of sp³-hybridized carbons (Fsp3) is 0.438. The smallest absolute Gasteiger partial charge is 0.397 e. The molecule has 2 aromatic heterocycles. The first-order valence-corrected chi connectivity index (χ1v) is 13.9. The van der Waals surface area contributed by atoms with Gasteiger partial charge >= 0.3 is 12.1 Å². The van der Waals surface area contributed by atoms with E-state index in [1.807, 2.05) is 63.6 Å². The maximum Gasteiger partial charge on any atom is 0.397 e. The van der Waals surface area contributed by atoms with E-state index in [0.717, 1.165) is 30.7 Å². The van der Waals surface area contributed by atoms with E-state index in [1.165, 1.54) is 12.1 Å². The standard InChI is InChI=1S/C32H37F3N4O3/c1-20(2)15-27(40)41-19-30(4,5)25-10-8-9-22(17-25)18-39-21(3)16-26(37-39)29-36-28(38-42-29)23-11-13-24(14-12-23)31(6,7)32(33,34)35/h8-14,16-17,20H,15,18-19H2,1-7H3. The fourth-order valence-corrected chi connectivity index (χ4v) is 4.42. The number of aryl methyl sites for hydroxylation is 1. The predicted molar refractivity (Wildman–Crippen MR) is 154 cm³/mol. The lowest BCUT2D eigenvalue weighted by Gasteiger charge is -2.28. The Balaban J connectivity index is 1.47. The summed E-state index contributed by atoms with van der Waals surface area (Å²) in [4.78, 5) is 16.5. The van der Waals surface area contributed by atoms with Gasteiger partial charge in [-0.3, -0.25) is 9.48 Å². The molecular weight excluding hydrogens is 545 g/mol. The average molecular weight is 583 g/mol. The summed E-state index contributed by atoms with van der Waals surface area (Å²) in [6, 6.07) is 15.9. The normalized spacial score (nSPS) is 12.6. The zero-order chi connectivity index (χ0) is 30.9. The maximum atomic E-state index is 13.4. The Hall–Kier alpha value is -3.95. The van der Waals surface area contributed by atoms with Crippen LogP contribution < -0.4 is 0 Å². The summed E-state index contributed by atoms with van der Waals surface area (Å²) < 4.78 is 53.0. The molecule has 0 aliphatic heterocycles. The highest BCUT2D eigenvalue weighted by Crippen LogP contribution is 2.40.